The number of sulfone groups is 1. The van der Waals surface area contributed by atoms with E-state index < -0.39 is 9.84 Å². The minimum absolute atomic E-state index is 0.206. The van der Waals surface area contributed by atoms with Gasteiger partial charge in [0.05, 0.1) is 17.1 Å². The first-order valence-electron chi connectivity index (χ1n) is 5.58. The van der Waals surface area contributed by atoms with Gasteiger partial charge in [-0.1, -0.05) is 13.3 Å². The quantitative estimate of drug-likeness (QED) is 0.840. The van der Waals surface area contributed by atoms with Crippen molar-refractivity contribution >= 4 is 15.5 Å². The molecule has 16 heavy (non-hydrogen) atoms. The Labute approximate surface area is 95.8 Å². The Balaban J connectivity index is 2.59. The number of nitrogens with one attached hydrogen (secondary N) is 1. The van der Waals surface area contributed by atoms with Crippen LogP contribution in [0.1, 0.15) is 25.5 Å². The van der Waals surface area contributed by atoms with E-state index in [1.54, 1.807) is 7.05 Å². The smallest absolute Gasteiger partial charge is 0.197 e. The third-order valence-corrected chi connectivity index (χ3v) is 4.62. The molecule has 0 spiro atoms. The van der Waals surface area contributed by atoms with Crippen molar-refractivity contribution in [3.05, 3.63) is 5.69 Å². The fourth-order valence-electron chi connectivity index (χ4n) is 2.08. The Morgan fingerprint density at radius 1 is 1.50 bits per heavy atom. The molecular formula is C10H17N3O2S. The Bertz CT molecular complexity index is 490. The molecule has 1 aromatic heterocycles. The first kappa shape index (κ1) is 11.4. The molecule has 1 aromatic rings. The molecule has 2 rings (SSSR count). The molecule has 0 bridgehead atoms. The molecule has 1 aliphatic heterocycles. The van der Waals surface area contributed by atoms with Crippen LogP contribution in [0, 0.1) is 0 Å². The van der Waals surface area contributed by atoms with Crippen LogP contribution in [-0.2, 0) is 23.3 Å². The second-order valence-corrected chi connectivity index (χ2v) is 6.12. The number of aromatic nitrogens is 2. The van der Waals surface area contributed by atoms with Gasteiger partial charge in [-0.25, -0.2) is 8.42 Å². The molecule has 5 nitrogen and oxygen atoms in total. The predicted molar refractivity (Wildman–Crippen MR) is 62.4 cm³/mol. The van der Waals surface area contributed by atoms with Crippen LogP contribution < -0.4 is 5.32 Å². The Hall–Kier alpha value is -1.04. The standard InChI is InChI=1S/C10H17N3O2S/c1-3-5-8-9-10(13(2)12-8)16(14,15)7-4-6-11-9/h11H,3-7H2,1-2H3. The normalized spacial score (nSPS) is 18.6. The zero-order chi connectivity index (χ0) is 11.8. The van der Waals surface area contributed by atoms with Crippen LogP contribution in [0.4, 0.5) is 5.69 Å². The van der Waals surface area contributed by atoms with Crippen molar-refractivity contribution in [2.75, 3.05) is 17.6 Å². The summed E-state index contributed by atoms with van der Waals surface area (Å²) in [6.45, 7) is 2.76. The van der Waals surface area contributed by atoms with Crippen molar-refractivity contribution in [3.63, 3.8) is 0 Å². The Morgan fingerprint density at radius 3 is 2.94 bits per heavy atom. The van der Waals surface area contributed by atoms with Crippen molar-refractivity contribution < 1.29 is 8.42 Å². The lowest BCUT2D eigenvalue weighted by Gasteiger charge is -2.03. The number of hydrogen-bond donors (Lipinski definition) is 1. The molecule has 0 fully saturated rings. The van der Waals surface area contributed by atoms with E-state index >= 15 is 0 Å². The SMILES string of the molecule is CCCc1nn(C)c2c1NCCCS2(=O)=O. The summed E-state index contributed by atoms with van der Waals surface area (Å²) in [5.41, 5.74) is 1.59. The molecule has 1 N–H and O–H groups in total. The largest absolute Gasteiger partial charge is 0.381 e. The maximum atomic E-state index is 12.0. The lowest BCUT2D eigenvalue weighted by Crippen LogP contribution is -2.10. The average Bonchev–Trinajstić information content (AvgIpc) is 2.40. The molecule has 6 heteroatoms. The topological polar surface area (TPSA) is 64.0 Å². The molecular weight excluding hydrogens is 226 g/mol. The van der Waals surface area contributed by atoms with Gasteiger partial charge in [0.2, 0.25) is 0 Å². The summed E-state index contributed by atoms with van der Waals surface area (Å²) >= 11 is 0. The first-order chi connectivity index (χ1) is 7.56. The maximum Gasteiger partial charge on any atom is 0.197 e. The highest BCUT2D eigenvalue weighted by atomic mass is 32.2. The van der Waals surface area contributed by atoms with Gasteiger partial charge in [0.15, 0.2) is 14.9 Å². The van der Waals surface area contributed by atoms with Crippen LogP contribution in [0.15, 0.2) is 5.03 Å². The van der Waals surface area contributed by atoms with Crippen LogP contribution in [0.2, 0.25) is 0 Å². The van der Waals surface area contributed by atoms with E-state index in [9.17, 15) is 8.42 Å². The van der Waals surface area contributed by atoms with Gasteiger partial charge < -0.3 is 5.32 Å². The molecule has 1 aliphatic rings. The van der Waals surface area contributed by atoms with Crippen LogP contribution in [-0.4, -0.2) is 30.5 Å². The van der Waals surface area contributed by atoms with Gasteiger partial charge in [-0.2, -0.15) is 5.10 Å². The summed E-state index contributed by atoms with van der Waals surface area (Å²) in [6, 6.07) is 0. The van der Waals surface area contributed by atoms with Gasteiger partial charge in [-0.15, -0.1) is 0 Å². The second-order valence-electron chi connectivity index (χ2n) is 4.10. The first-order valence-corrected chi connectivity index (χ1v) is 7.24. The summed E-state index contributed by atoms with van der Waals surface area (Å²) in [7, 11) is -1.47. The summed E-state index contributed by atoms with van der Waals surface area (Å²) in [4.78, 5) is 0. The molecule has 0 amide bonds. The third kappa shape index (κ3) is 1.81. The summed E-state index contributed by atoms with van der Waals surface area (Å²) in [6.07, 6.45) is 2.43. The van der Waals surface area contributed by atoms with Crippen molar-refractivity contribution in [2.24, 2.45) is 7.05 Å². The maximum absolute atomic E-state index is 12.0. The molecule has 0 aromatic carbocycles. The number of aryl methyl sites for hydroxylation is 2. The van der Waals surface area contributed by atoms with E-state index in [1.807, 2.05) is 0 Å². The predicted octanol–water partition coefficient (Wildman–Crippen LogP) is 0.962. The van der Waals surface area contributed by atoms with E-state index in [1.165, 1.54) is 4.68 Å². The van der Waals surface area contributed by atoms with Gasteiger partial charge in [0.1, 0.15) is 0 Å². The lowest BCUT2D eigenvalue weighted by molar-refractivity contribution is 0.576. The van der Waals surface area contributed by atoms with Gasteiger partial charge in [-0.3, -0.25) is 4.68 Å². The molecule has 0 saturated carbocycles. The van der Waals surface area contributed by atoms with Crippen molar-refractivity contribution in [2.45, 2.75) is 31.2 Å². The van der Waals surface area contributed by atoms with Crippen LogP contribution in [0.3, 0.4) is 0 Å². The van der Waals surface area contributed by atoms with E-state index in [2.05, 4.69) is 17.3 Å². The number of fused-ring (bicyclic) bond motifs is 1. The van der Waals surface area contributed by atoms with E-state index in [0.717, 1.165) is 24.2 Å². The fraction of sp³-hybridized carbons (Fsp3) is 0.700. The minimum Gasteiger partial charge on any atom is -0.381 e. The highest BCUT2D eigenvalue weighted by Crippen LogP contribution is 2.29. The second kappa shape index (κ2) is 4.08. The van der Waals surface area contributed by atoms with Gasteiger partial charge in [0.25, 0.3) is 0 Å². The molecule has 0 radical (unpaired) electrons. The molecule has 0 unspecified atom stereocenters. The molecule has 0 atom stereocenters. The van der Waals surface area contributed by atoms with E-state index in [4.69, 9.17) is 0 Å². The van der Waals surface area contributed by atoms with Gasteiger partial charge in [0, 0.05) is 13.6 Å². The van der Waals surface area contributed by atoms with Crippen molar-refractivity contribution in [1.29, 1.82) is 0 Å². The molecule has 0 aliphatic carbocycles. The summed E-state index contributed by atoms with van der Waals surface area (Å²) < 4.78 is 25.6. The van der Waals surface area contributed by atoms with Crippen LogP contribution >= 0.6 is 0 Å². The van der Waals surface area contributed by atoms with Gasteiger partial charge in [-0.05, 0) is 12.8 Å². The van der Waals surface area contributed by atoms with Crippen LogP contribution in [0.25, 0.3) is 0 Å². The minimum atomic E-state index is -3.17. The molecule has 0 saturated heterocycles. The zero-order valence-electron chi connectivity index (χ0n) is 9.65. The zero-order valence-corrected chi connectivity index (χ0v) is 10.5. The number of rotatable bonds is 2. The Kier molecular flexibility index (Phi) is 2.92. The van der Waals surface area contributed by atoms with E-state index in [0.29, 0.717) is 18.0 Å². The Morgan fingerprint density at radius 2 is 2.25 bits per heavy atom. The molecule has 2 heterocycles. The average molecular weight is 243 g/mol. The van der Waals surface area contributed by atoms with Crippen LogP contribution in [0.5, 0.6) is 0 Å². The van der Waals surface area contributed by atoms with E-state index in [-0.39, 0.29) is 5.75 Å². The van der Waals surface area contributed by atoms with Gasteiger partial charge >= 0.3 is 0 Å². The monoisotopic (exact) mass is 243 g/mol. The fourth-order valence-corrected chi connectivity index (χ4v) is 3.74. The number of anilines is 1. The summed E-state index contributed by atoms with van der Waals surface area (Å²) in [5, 5.41) is 7.84. The highest BCUT2D eigenvalue weighted by molar-refractivity contribution is 7.91. The van der Waals surface area contributed by atoms with Crippen molar-refractivity contribution in [1.82, 2.24) is 9.78 Å². The summed E-state index contributed by atoms with van der Waals surface area (Å²) in [5.74, 6) is 0.206. The molecule has 90 valence electrons. The third-order valence-electron chi connectivity index (χ3n) is 2.74. The lowest BCUT2D eigenvalue weighted by atomic mass is 10.2. The number of nitrogens with zero attached hydrogens (tertiary/aromatic N) is 2. The highest BCUT2D eigenvalue weighted by Gasteiger charge is 2.28. The number of hydrogen-bond acceptors (Lipinski definition) is 4. The van der Waals surface area contributed by atoms with Crippen molar-refractivity contribution in [3.8, 4) is 0 Å².